The van der Waals surface area contributed by atoms with Gasteiger partial charge in [-0.1, -0.05) is 12.1 Å². The summed E-state index contributed by atoms with van der Waals surface area (Å²) in [5.74, 6) is 0.864. The molecule has 0 amide bonds. The van der Waals surface area contributed by atoms with Crippen LogP contribution in [0.15, 0.2) is 47.8 Å². The maximum atomic E-state index is 5.20. The SMILES string of the molecule is COc1ccc2nc(-c3cccs3)ccc2c1. The smallest absolute Gasteiger partial charge is 0.119 e. The third-order valence-corrected chi connectivity index (χ3v) is 3.56. The molecule has 2 nitrogen and oxygen atoms in total. The molecular formula is C14H11NOS. The topological polar surface area (TPSA) is 22.1 Å². The van der Waals surface area contributed by atoms with E-state index in [0.29, 0.717) is 0 Å². The number of rotatable bonds is 2. The van der Waals surface area contributed by atoms with Crippen molar-refractivity contribution in [1.29, 1.82) is 0 Å². The maximum absolute atomic E-state index is 5.20. The largest absolute Gasteiger partial charge is 0.497 e. The second-order valence-electron chi connectivity index (χ2n) is 3.73. The van der Waals surface area contributed by atoms with E-state index >= 15 is 0 Å². The first-order chi connectivity index (χ1) is 8.36. The number of methoxy groups -OCH3 is 1. The van der Waals surface area contributed by atoms with E-state index in [1.807, 2.05) is 30.3 Å². The molecule has 0 bridgehead atoms. The van der Waals surface area contributed by atoms with E-state index < -0.39 is 0 Å². The summed E-state index contributed by atoms with van der Waals surface area (Å²) in [5, 5.41) is 3.17. The van der Waals surface area contributed by atoms with Gasteiger partial charge in [0.25, 0.3) is 0 Å². The van der Waals surface area contributed by atoms with Gasteiger partial charge in [-0.05, 0) is 35.7 Å². The summed E-state index contributed by atoms with van der Waals surface area (Å²) in [6, 6.07) is 14.2. The fourth-order valence-corrected chi connectivity index (χ4v) is 2.49. The third kappa shape index (κ3) is 1.89. The summed E-state index contributed by atoms with van der Waals surface area (Å²) in [7, 11) is 1.68. The molecular weight excluding hydrogens is 230 g/mol. The molecule has 0 aliphatic carbocycles. The highest BCUT2D eigenvalue weighted by Crippen LogP contribution is 2.26. The van der Waals surface area contributed by atoms with Gasteiger partial charge in [-0.25, -0.2) is 4.98 Å². The van der Waals surface area contributed by atoms with Gasteiger partial charge in [0, 0.05) is 5.39 Å². The number of nitrogens with zero attached hydrogens (tertiary/aromatic N) is 1. The van der Waals surface area contributed by atoms with Crippen molar-refractivity contribution in [1.82, 2.24) is 4.98 Å². The van der Waals surface area contributed by atoms with Crippen LogP contribution >= 0.6 is 11.3 Å². The van der Waals surface area contributed by atoms with E-state index in [2.05, 4.69) is 22.5 Å². The summed E-state index contributed by atoms with van der Waals surface area (Å²) in [4.78, 5) is 5.84. The maximum Gasteiger partial charge on any atom is 0.119 e. The highest BCUT2D eigenvalue weighted by Gasteiger charge is 2.03. The zero-order chi connectivity index (χ0) is 11.7. The van der Waals surface area contributed by atoms with E-state index in [4.69, 9.17) is 4.74 Å². The Morgan fingerprint density at radius 1 is 1.12 bits per heavy atom. The number of hydrogen-bond donors (Lipinski definition) is 0. The third-order valence-electron chi connectivity index (χ3n) is 2.67. The molecule has 2 heterocycles. The van der Waals surface area contributed by atoms with Crippen molar-refractivity contribution in [3.8, 4) is 16.3 Å². The minimum atomic E-state index is 0.864. The molecule has 0 saturated heterocycles. The summed E-state index contributed by atoms with van der Waals surface area (Å²) in [6.07, 6.45) is 0. The number of hydrogen-bond acceptors (Lipinski definition) is 3. The van der Waals surface area contributed by atoms with Gasteiger partial charge in [0.1, 0.15) is 5.75 Å². The number of benzene rings is 1. The number of pyridine rings is 1. The van der Waals surface area contributed by atoms with E-state index in [-0.39, 0.29) is 0 Å². The molecule has 1 aromatic carbocycles. The van der Waals surface area contributed by atoms with Crippen molar-refractivity contribution in [3.63, 3.8) is 0 Å². The van der Waals surface area contributed by atoms with Crippen LogP contribution in [0.25, 0.3) is 21.5 Å². The fourth-order valence-electron chi connectivity index (χ4n) is 1.79. The van der Waals surface area contributed by atoms with Crippen LogP contribution < -0.4 is 4.74 Å². The predicted octanol–water partition coefficient (Wildman–Crippen LogP) is 3.97. The average Bonchev–Trinajstić information content (AvgIpc) is 2.91. The average molecular weight is 241 g/mol. The Morgan fingerprint density at radius 2 is 2.06 bits per heavy atom. The fraction of sp³-hybridized carbons (Fsp3) is 0.0714. The van der Waals surface area contributed by atoms with Crippen LogP contribution in [0.2, 0.25) is 0 Å². The van der Waals surface area contributed by atoms with Crippen LogP contribution in [0, 0.1) is 0 Å². The van der Waals surface area contributed by atoms with Crippen LogP contribution in [0.4, 0.5) is 0 Å². The van der Waals surface area contributed by atoms with Crippen molar-refractivity contribution < 1.29 is 4.74 Å². The molecule has 0 fully saturated rings. The summed E-state index contributed by atoms with van der Waals surface area (Å²) >= 11 is 1.71. The van der Waals surface area contributed by atoms with Gasteiger partial charge in [0.05, 0.1) is 23.2 Å². The Morgan fingerprint density at radius 3 is 2.82 bits per heavy atom. The zero-order valence-electron chi connectivity index (χ0n) is 9.38. The Hall–Kier alpha value is -1.87. The lowest BCUT2D eigenvalue weighted by molar-refractivity contribution is 0.415. The highest BCUT2D eigenvalue weighted by molar-refractivity contribution is 7.13. The molecule has 2 aromatic heterocycles. The molecule has 0 atom stereocenters. The molecule has 3 heteroatoms. The minimum absolute atomic E-state index is 0.864. The van der Waals surface area contributed by atoms with Gasteiger partial charge in [0.2, 0.25) is 0 Å². The van der Waals surface area contributed by atoms with Crippen LogP contribution in [-0.4, -0.2) is 12.1 Å². The number of fused-ring (bicyclic) bond motifs is 1. The van der Waals surface area contributed by atoms with Crippen molar-refractivity contribution in [3.05, 3.63) is 47.8 Å². The molecule has 3 rings (SSSR count). The molecule has 84 valence electrons. The highest BCUT2D eigenvalue weighted by atomic mass is 32.1. The number of thiophene rings is 1. The Kier molecular flexibility index (Phi) is 2.53. The van der Waals surface area contributed by atoms with Crippen LogP contribution in [-0.2, 0) is 0 Å². The number of ether oxygens (including phenoxy) is 1. The lowest BCUT2D eigenvalue weighted by atomic mass is 10.2. The molecule has 3 aromatic rings. The quantitative estimate of drug-likeness (QED) is 0.677. The van der Waals surface area contributed by atoms with Gasteiger partial charge in [-0.2, -0.15) is 0 Å². The molecule has 0 saturated carbocycles. The Labute approximate surface area is 104 Å². The van der Waals surface area contributed by atoms with Crippen LogP contribution in [0.1, 0.15) is 0 Å². The molecule has 0 spiro atoms. The van der Waals surface area contributed by atoms with E-state index in [1.54, 1.807) is 18.4 Å². The molecule has 17 heavy (non-hydrogen) atoms. The normalized spacial score (nSPS) is 10.6. The molecule has 0 N–H and O–H groups in total. The monoisotopic (exact) mass is 241 g/mol. The van der Waals surface area contributed by atoms with E-state index in [0.717, 1.165) is 22.3 Å². The van der Waals surface area contributed by atoms with Crippen LogP contribution in [0.5, 0.6) is 5.75 Å². The summed E-state index contributed by atoms with van der Waals surface area (Å²) in [6.45, 7) is 0. The lowest BCUT2D eigenvalue weighted by Gasteiger charge is -2.03. The van der Waals surface area contributed by atoms with Crippen molar-refractivity contribution in [2.24, 2.45) is 0 Å². The van der Waals surface area contributed by atoms with Crippen molar-refractivity contribution in [2.75, 3.05) is 7.11 Å². The molecule has 0 aliphatic rings. The molecule has 0 radical (unpaired) electrons. The second-order valence-corrected chi connectivity index (χ2v) is 4.68. The van der Waals surface area contributed by atoms with Crippen molar-refractivity contribution >= 4 is 22.2 Å². The summed E-state index contributed by atoms with van der Waals surface area (Å²) < 4.78 is 5.20. The molecule has 0 aliphatic heterocycles. The molecule has 0 unspecified atom stereocenters. The van der Waals surface area contributed by atoms with Gasteiger partial charge in [0.15, 0.2) is 0 Å². The minimum Gasteiger partial charge on any atom is -0.497 e. The first-order valence-corrected chi connectivity index (χ1v) is 6.23. The van der Waals surface area contributed by atoms with Gasteiger partial charge < -0.3 is 4.74 Å². The Bertz CT molecular complexity index is 646. The van der Waals surface area contributed by atoms with Gasteiger partial charge in [-0.15, -0.1) is 11.3 Å². The predicted molar refractivity (Wildman–Crippen MR) is 71.6 cm³/mol. The summed E-state index contributed by atoms with van der Waals surface area (Å²) in [5.41, 5.74) is 2.02. The standard InChI is InChI=1S/C14H11NOS/c1-16-11-5-7-12-10(9-11)4-6-13(15-12)14-3-2-8-17-14/h2-9H,1H3. The van der Waals surface area contributed by atoms with Gasteiger partial charge >= 0.3 is 0 Å². The zero-order valence-corrected chi connectivity index (χ0v) is 10.2. The first kappa shape index (κ1) is 10.3. The number of aromatic nitrogens is 1. The van der Waals surface area contributed by atoms with Crippen LogP contribution in [0.3, 0.4) is 0 Å². The van der Waals surface area contributed by atoms with E-state index in [1.165, 1.54) is 4.88 Å². The van der Waals surface area contributed by atoms with Gasteiger partial charge in [-0.3, -0.25) is 0 Å². The second kappa shape index (κ2) is 4.18. The Balaban J connectivity index is 2.14. The van der Waals surface area contributed by atoms with Crippen molar-refractivity contribution in [2.45, 2.75) is 0 Å². The first-order valence-electron chi connectivity index (χ1n) is 5.35. The van der Waals surface area contributed by atoms with E-state index in [9.17, 15) is 0 Å². The lowest BCUT2D eigenvalue weighted by Crippen LogP contribution is -1.85.